The topological polar surface area (TPSA) is 90.9 Å². The Balaban J connectivity index is 1.40. The lowest BCUT2D eigenvalue weighted by atomic mass is 9.75. The Morgan fingerprint density at radius 2 is 1.66 bits per heavy atom. The summed E-state index contributed by atoms with van der Waals surface area (Å²) < 4.78 is 15.8. The molecule has 2 aromatic rings. The number of nitrogens with one attached hydrogen (secondary N) is 1. The number of carbonyl (C=O) groups is 3. The van der Waals surface area contributed by atoms with Gasteiger partial charge in [0.1, 0.15) is 11.5 Å². The van der Waals surface area contributed by atoms with Gasteiger partial charge in [-0.1, -0.05) is 30.3 Å². The number of amides is 1. The van der Waals surface area contributed by atoms with Crippen molar-refractivity contribution in [2.24, 2.45) is 23.7 Å². The maximum Gasteiger partial charge on any atom is 0.310 e. The van der Waals surface area contributed by atoms with E-state index in [-0.39, 0.29) is 23.5 Å². The Bertz CT molecular complexity index is 1000. The second-order valence-electron chi connectivity index (χ2n) is 8.34. The van der Waals surface area contributed by atoms with Gasteiger partial charge in [-0.25, -0.2) is 0 Å². The molecule has 4 rings (SSSR count). The number of rotatable bonds is 8. The molecule has 168 valence electrons. The SMILES string of the molecule is COc1ccc(NC(=O)COC(=O)[C@H]2[C@H]3CC[C@@H](C3)[C@H]2C(=O)c2ccccc2)c(OC)c1. The van der Waals surface area contributed by atoms with E-state index in [0.717, 1.165) is 19.3 Å². The molecule has 2 aromatic carbocycles. The third-order valence-electron chi connectivity index (χ3n) is 6.58. The van der Waals surface area contributed by atoms with Gasteiger partial charge in [-0.2, -0.15) is 0 Å². The Labute approximate surface area is 187 Å². The van der Waals surface area contributed by atoms with Crippen LogP contribution >= 0.6 is 0 Å². The fourth-order valence-corrected chi connectivity index (χ4v) is 5.12. The molecule has 0 unspecified atom stereocenters. The quantitative estimate of drug-likeness (QED) is 0.500. The lowest BCUT2D eigenvalue weighted by Gasteiger charge is -2.28. The van der Waals surface area contributed by atoms with E-state index < -0.39 is 24.4 Å². The monoisotopic (exact) mass is 437 g/mol. The highest BCUT2D eigenvalue weighted by Crippen LogP contribution is 2.53. The summed E-state index contributed by atoms with van der Waals surface area (Å²) in [7, 11) is 3.03. The molecule has 7 heteroatoms. The number of anilines is 1. The van der Waals surface area contributed by atoms with Crippen LogP contribution < -0.4 is 14.8 Å². The highest BCUT2D eigenvalue weighted by atomic mass is 16.5. The van der Waals surface area contributed by atoms with Crippen LogP contribution in [0, 0.1) is 23.7 Å². The average molecular weight is 437 g/mol. The predicted molar refractivity (Wildman–Crippen MR) is 118 cm³/mol. The summed E-state index contributed by atoms with van der Waals surface area (Å²) in [5, 5.41) is 2.69. The number of benzene rings is 2. The number of hydrogen-bond acceptors (Lipinski definition) is 6. The fraction of sp³-hybridized carbons (Fsp3) is 0.400. The van der Waals surface area contributed by atoms with Crippen LogP contribution in [-0.4, -0.2) is 38.5 Å². The third-order valence-corrected chi connectivity index (χ3v) is 6.58. The summed E-state index contributed by atoms with van der Waals surface area (Å²) in [4.78, 5) is 38.5. The number of ether oxygens (including phenoxy) is 3. The number of fused-ring (bicyclic) bond motifs is 2. The minimum atomic E-state index is -0.496. The van der Waals surface area contributed by atoms with Crippen molar-refractivity contribution in [2.75, 3.05) is 26.1 Å². The molecule has 0 radical (unpaired) electrons. The molecule has 7 nitrogen and oxygen atoms in total. The Hall–Kier alpha value is -3.35. The summed E-state index contributed by atoms with van der Waals surface area (Å²) in [6, 6.07) is 14.1. The Morgan fingerprint density at radius 1 is 0.938 bits per heavy atom. The van der Waals surface area contributed by atoms with Crippen LogP contribution in [0.2, 0.25) is 0 Å². The molecule has 2 aliphatic carbocycles. The largest absolute Gasteiger partial charge is 0.497 e. The molecule has 1 amide bonds. The maximum absolute atomic E-state index is 13.1. The number of esters is 1. The standard InChI is InChI=1S/C25H27NO6/c1-30-18-10-11-19(20(13-18)31-2)26-21(27)14-32-25(29)23-17-9-8-16(12-17)22(23)24(28)15-6-4-3-5-7-15/h3-7,10-11,13,16-17,22-23H,8-9,12,14H2,1-2H3,(H,26,27)/t16-,17-,22+,23-/m0/s1. The predicted octanol–water partition coefficient (Wildman–Crippen LogP) is 3.73. The molecule has 0 heterocycles. The maximum atomic E-state index is 13.1. The van der Waals surface area contributed by atoms with Gasteiger partial charge in [0.25, 0.3) is 5.91 Å². The van der Waals surface area contributed by atoms with Crippen molar-refractivity contribution in [3.63, 3.8) is 0 Å². The molecule has 0 spiro atoms. The molecule has 2 fully saturated rings. The van der Waals surface area contributed by atoms with Gasteiger partial charge < -0.3 is 19.5 Å². The van der Waals surface area contributed by atoms with Gasteiger partial charge in [-0.05, 0) is 43.2 Å². The number of methoxy groups -OCH3 is 2. The van der Waals surface area contributed by atoms with Gasteiger partial charge >= 0.3 is 5.97 Å². The smallest absolute Gasteiger partial charge is 0.310 e. The van der Waals surface area contributed by atoms with E-state index in [0.29, 0.717) is 22.7 Å². The van der Waals surface area contributed by atoms with Crippen molar-refractivity contribution in [3.8, 4) is 11.5 Å². The van der Waals surface area contributed by atoms with Crippen LogP contribution in [0.1, 0.15) is 29.6 Å². The van der Waals surface area contributed by atoms with Gasteiger partial charge in [0.05, 0.1) is 25.8 Å². The first-order valence-electron chi connectivity index (χ1n) is 10.8. The Morgan fingerprint density at radius 3 is 2.34 bits per heavy atom. The van der Waals surface area contributed by atoms with E-state index in [1.807, 2.05) is 18.2 Å². The zero-order valence-electron chi connectivity index (χ0n) is 18.2. The Kier molecular flexibility index (Phi) is 6.44. The molecule has 0 aromatic heterocycles. The van der Waals surface area contributed by atoms with Gasteiger partial charge in [0, 0.05) is 17.5 Å². The molecule has 1 N–H and O–H groups in total. The molecular weight excluding hydrogens is 410 g/mol. The summed E-state index contributed by atoms with van der Waals surface area (Å²) in [5.41, 5.74) is 1.07. The highest BCUT2D eigenvalue weighted by Gasteiger charge is 2.54. The van der Waals surface area contributed by atoms with Crippen molar-refractivity contribution in [3.05, 3.63) is 54.1 Å². The number of Topliss-reactive ketones (excluding diaryl/α,β-unsaturated/α-hetero) is 1. The fourth-order valence-electron chi connectivity index (χ4n) is 5.12. The van der Waals surface area contributed by atoms with Crippen molar-refractivity contribution in [2.45, 2.75) is 19.3 Å². The van der Waals surface area contributed by atoms with Crippen LogP contribution in [0.15, 0.2) is 48.5 Å². The van der Waals surface area contributed by atoms with E-state index >= 15 is 0 Å². The van der Waals surface area contributed by atoms with Crippen LogP contribution in [0.3, 0.4) is 0 Å². The highest BCUT2D eigenvalue weighted by molar-refractivity contribution is 6.01. The lowest BCUT2D eigenvalue weighted by Crippen LogP contribution is -2.37. The first kappa shape index (κ1) is 21.9. The summed E-state index contributed by atoms with van der Waals surface area (Å²) in [5.74, 6) is -0.468. The lowest BCUT2D eigenvalue weighted by molar-refractivity contribution is -0.154. The van der Waals surface area contributed by atoms with Crippen LogP contribution in [0.5, 0.6) is 11.5 Å². The first-order chi connectivity index (χ1) is 15.5. The summed E-state index contributed by atoms with van der Waals surface area (Å²) in [6.07, 6.45) is 2.73. The molecule has 2 bridgehead atoms. The van der Waals surface area contributed by atoms with Gasteiger partial charge in [-0.3, -0.25) is 14.4 Å². The first-order valence-corrected chi connectivity index (χ1v) is 10.8. The van der Waals surface area contributed by atoms with Gasteiger partial charge in [-0.15, -0.1) is 0 Å². The molecule has 2 aliphatic rings. The molecule has 0 aliphatic heterocycles. The van der Waals surface area contributed by atoms with Gasteiger partial charge in [0.2, 0.25) is 0 Å². The van der Waals surface area contributed by atoms with Gasteiger partial charge in [0.15, 0.2) is 12.4 Å². The average Bonchev–Trinajstić information content (AvgIpc) is 3.45. The molecule has 0 saturated heterocycles. The second-order valence-corrected chi connectivity index (χ2v) is 8.34. The van der Waals surface area contributed by atoms with Crippen LogP contribution in [-0.2, 0) is 14.3 Å². The van der Waals surface area contributed by atoms with Crippen molar-refractivity contribution < 1.29 is 28.6 Å². The van der Waals surface area contributed by atoms with E-state index in [4.69, 9.17) is 14.2 Å². The summed E-state index contributed by atoms with van der Waals surface area (Å²) in [6.45, 7) is -0.422. The minimum Gasteiger partial charge on any atom is -0.497 e. The van der Waals surface area contributed by atoms with Crippen molar-refractivity contribution in [1.29, 1.82) is 0 Å². The van der Waals surface area contributed by atoms with Crippen molar-refractivity contribution in [1.82, 2.24) is 0 Å². The molecule has 32 heavy (non-hydrogen) atoms. The van der Waals surface area contributed by atoms with E-state index in [9.17, 15) is 14.4 Å². The number of carbonyl (C=O) groups excluding carboxylic acids is 3. The van der Waals surface area contributed by atoms with E-state index in [2.05, 4.69) is 5.32 Å². The van der Waals surface area contributed by atoms with Crippen LogP contribution in [0.25, 0.3) is 0 Å². The van der Waals surface area contributed by atoms with Crippen molar-refractivity contribution >= 4 is 23.3 Å². The van der Waals surface area contributed by atoms with Crippen LogP contribution in [0.4, 0.5) is 5.69 Å². The summed E-state index contributed by atoms with van der Waals surface area (Å²) >= 11 is 0. The zero-order valence-corrected chi connectivity index (χ0v) is 18.2. The normalized spacial score (nSPS) is 23.4. The van der Waals surface area contributed by atoms with E-state index in [1.54, 1.807) is 30.3 Å². The molecule has 2 saturated carbocycles. The second kappa shape index (κ2) is 9.42. The zero-order chi connectivity index (χ0) is 22.7. The number of hydrogen-bond donors (Lipinski definition) is 1. The van der Waals surface area contributed by atoms with E-state index in [1.165, 1.54) is 14.2 Å². The number of ketones is 1. The minimum absolute atomic E-state index is 0.00725. The third kappa shape index (κ3) is 4.33. The molecular formula is C25H27NO6. The molecule has 4 atom stereocenters.